The van der Waals surface area contributed by atoms with Crippen molar-refractivity contribution in [2.75, 3.05) is 5.32 Å². The van der Waals surface area contributed by atoms with Crippen LogP contribution in [0.1, 0.15) is 20.3 Å². The molecule has 0 radical (unpaired) electrons. The third kappa shape index (κ3) is 4.32. The van der Waals surface area contributed by atoms with Crippen LogP contribution in [0.5, 0.6) is 0 Å². The number of nitrogens with one attached hydrogen (secondary N) is 2. The van der Waals surface area contributed by atoms with Crippen molar-refractivity contribution < 1.29 is 17.6 Å². The number of aromatic nitrogens is 2. The number of aryl methyl sites for hydroxylation is 1. The zero-order valence-electron chi connectivity index (χ0n) is 15.5. The van der Waals surface area contributed by atoms with Gasteiger partial charge < -0.3 is 9.73 Å². The molecular weight excluding hydrogens is 404 g/mol. The Balaban J connectivity index is 1.87. The Morgan fingerprint density at radius 2 is 2.11 bits per heavy atom. The van der Waals surface area contributed by atoms with Crippen LogP contribution in [-0.2, 0) is 21.9 Å². The van der Waals surface area contributed by atoms with Gasteiger partial charge in [0, 0.05) is 24.7 Å². The monoisotopic (exact) mass is 424 g/mol. The van der Waals surface area contributed by atoms with Crippen molar-refractivity contribution in [3.05, 3.63) is 40.3 Å². The van der Waals surface area contributed by atoms with E-state index in [2.05, 4.69) is 15.0 Å². The summed E-state index contributed by atoms with van der Waals surface area (Å²) in [5.41, 5.74) is 0.632. The van der Waals surface area contributed by atoms with Gasteiger partial charge in [0.1, 0.15) is 6.04 Å². The molecule has 150 valence electrons. The number of carbonyl (C=O) groups is 1. The molecular formula is C17H20N4O5S2. The molecule has 0 aliphatic heterocycles. The smallest absolute Gasteiger partial charge is 0.408 e. The molecule has 1 unspecified atom stereocenters. The van der Waals surface area contributed by atoms with Crippen molar-refractivity contribution in [2.24, 2.45) is 13.0 Å². The zero-order valence-corrected chi connectivity index (χ0v) is 17.1. The molecule has 3 aromatic rings. The number of oxazole rings is 1. The quantitative estimate of drug-likeness (QED) is 0.597. The molecule has 0 aliphatic carbocycles. The molecule has 0 bridgehead atoms. The first kappa shape index (κ1) is 20.2. The van der Waals surface area contributed by atoms with Crippen molar-refractivity contribution in [1.82, 2.24) is 14.3 Å². The summed E-state index contributed by atoms with van der Waals surface area (Å²) in [5, 5.41) is 4.72. The van der Waals surface area contributed by atoms with Crippen LogP contribution in [0, 0.1) is 5.92 Å². The predicted octanol–water partition coefficient (Wildman–Crippen LogP) is 1.92. The largest absolute Gasteiger partial charge is 0.419 e. The van der Waals surface area contributed by atoms with E-state index >= 15 is 0 Å². The highest BCUT2D eigenvalue weighted by atomic mass is 32.2. The van der Waals surface area contributed by atoms with Crippen molar-refractivity contribution in [1.29, 1.82) is 0 Å². The van der Waals surface area contributed by atoms with E-state index in [1.54, 1.807) is 11.6 Å². The van der Waals surface area contributed by atoms with Crippen LogP contribution < -0.4 is 15.8 Å². The number of amides is 1. The van der Waals surface area contributed by atoms with Gasteiger partial charge in [0.15, 0.2) is 10.7 Å². The maximum Gasteiger partial charge on any atom is 0.419 e. The Kier molecular flexibility index (Phi) is 5.68. The number of hydrogen-bond acceptors (Lipinski definition) is 7. The van der Waals surface area contributed by atoms with E-state index < -0.39 is 27.7 Å². The van der Waals surface area contributed by atoms with Gasteiger partial charge in [-0.3, -0.25) is 9.36 Å². The van der Waals surface area contributed by atoms with E-state index in [-0.39, 0.29) is 16.4 Å². The maximum absolute atomic E-state index is 12.8. The first-order chi connectivity index (χ1) is 13.2. The Bertz CT molecular complexity index is 1150. The molecule has 28 heavy (non-hydrogen) atoms. The number of rotatable bonds is 7. The maximum atomic E-state index is 12.8. The summed E-state index contributed by atoms with van der Waals surface area (Å²) < 4.78 is 34.5. The lowest BCUT2D eigenvalue weighted by Gasteiger charge is -2.19. The normalized spacial score (nSPS) is 13.1. The van der Waals surface area contributed by atoms with Crippen molar-refractivity contribution in [3.63, 3.8) is 0 Å². The van der Waals surface area contributed by atoms with Gasteiger partial charge in [0.05, 0.1) is 10.4 Å². The van der Waals surface area contributed by atoms with Crippen LogP contribution in [0.2, 0.25) is 0 Å². The van der Waals surface area contributed by atoms with E-state index in [1.165, 1.54) is 41.2 Å². The third-order valence-electron chi connectivity index (χ3n) is 4.06. The molecule has 11 heteroatoms. The molecule has 0 saturated heterocycles. The molecule has 1 amide bonds. The molecule has 1 atom stereocenters. The molecule has 1 aromatic carbocycles. The molecule has 0 spiro atoms. The van der Waals surface area contributed by atoms with Crippen LogP contribution in [0.25, 0.3) is 11.1 Å². The molecule has 2 heterocycles. The minimum atomic E-state index is -4.02. The highest BCUT2D eigenvalue weighted by molar-refractivity contribution is 7.89. The fourth-order valence-electron chi connectivity index (χ4n) is 2.69. The van der Waals surface area contributed by atoms with Crippen molar-refractivity contribution in [2.45, 2.75) is 31.2 Å². The second-order valence-electron chi connectivity index (χ2n) is 6.69. The number of benzene rings is 1. The molecule has 0 saturated carbocycles. The standard InChI is InChI=1S/C17H20N4O5S2/c1-10(2)8-12(15(22)19-16-18-6-7-27-16)20-28(24,25)11-4-5-13-14(9-11)26-17(23)21(13)3/h4-7,9-10,12,20H,8H2,1-3H3,(H,18,19,22). The summed E-state index contributed by atoms with van der Waals surface area (Å²) in [6.45, 7) is 3.78. The fourth-order valence-corrected chi connectivity index (χ4v) is 4.45. The highest BCUT2D eigenvalue weighted by Crippen LogP contribution is 2.20. The number of hydrogen-bond donors (Lipinski definition) is 2. The summed E-state index contributed by atoms with van der Waals surface area (Å²) in [5.74, 6) is -0.998. The SMILES string of the molecule is CC(C)CC(NS(=O)(=O)c1ccc2c(c1)oc(=O)n2C)C(=O)Nc1nccs1. The Morgan fingerprint density at radius 1 is 1.36 bits per heavy atom. The average Bonchev–Trinajstić information content (AvgIpc) is 3.22. The minimum Gasteiger partial charge on any atom is -0.408 e. The van der Waals surface area contributed by atoms with Gasteiger partial charge in [0.25, 0.3) is 0 Å². The van der Waals surface area contributed by atoms with Gasteiger partial charge in [-0.2, -0.15) is 4.72 Å². The highest BCUT2D eigenvalue weighted by Gasteiger charge is 2.27. The molecule has 0 fully saturated rings. The molecule has 2 aromatic heterocycles. The van der Waals surface area contributed by atoms with E-state index in [4.69, 9.17) is 4.42 Å². The van der Waals surface area contributed by atoms with Crippen molar-refractivity contribution in [3.8, 4) is 0 Å². The minimum absolute atomic E-state index is 0.0735. The van der Waals surface area contributed by atoms with Crippen LogP contribution in [0.4, 0.5) is 5.13 Å². The summed E-state index contributed by atoms with van der Waals surface area (Å²) in [7, 11) is -2.49. The summed E-state index contributed by atoms with van der Waals surface area (Å²) in [4.78, 5) is 28.1. The lowest BCUT2D eigenvalue weighted by Crippen LogP contribution is -2.44. The van der Waals surface area contributed by atoms with Gasteiger partial charge in [-0.25, -0.2) is 18.2 Å². The number of nitrogens with zero attached hydrogens (tertiary/aromatic N) is 2. The first-order valence-electron chi connectivity index (χ1n) is 8.49. The number of fused-ring (bicyclic) bond motifs is 1. The number of carbonyl (C=O) groups excluding carboxylic acids is 1. The Morgan fingerprint density at radius 3 is 2.75 bits per heavy atom. The van der Waals surface area contributed by atoms with E-state index in [1.807, 2.05) is 13.8 Å². The third-order valence-corrected chi connectivity index (χ3v) is 6.22. The number of anilines is 1. The number of sulfonamides is 1. The van der Waals surface area contributed by atoms with Crippen LogP contribution in [-0.4, -0.2) is 29.9 Å². The van der Waals surface area contributed by atoms with E-state index in [0.717, 1.165) is 0 Å². The van der Waals surface area contributed by atoms with Gasteiger partial charge in [0.2, 0.25) is 15.9 Å². The average molecular weight is 425 g/mol. The van der Waals surface area contributed by atoms with Crippen LogP contribution in [0.3, 0.4) is 0 Å². The molecule has 2 N–H and O–H groups in total. The van der Waals surface area contributed by atoms with E-state index in [0.29, 0.717) is 17.1 Å². The lowest BCUT2D eigenvalue weighted by atomic mass is 10.0. The molecule has 0 aliphatic rings. The Labute approximate surface area is 165 Å². The summed E-state index contributed by atoms with van der Waals surface area (Å²) >= 11 is 1.24. The van der Waals surface area contributed by atoms with Gasteiger partial charge in [-0.15, -0.1) is 11.3 Å². The summed E-state index contributed by atoms with van der Waals surface area (Å²) in [6, 6.07) is 3.14. The second-order valence-corrected chi connectivity index (χ2v) is 9.29. The number of thiazole rings is 1. The van der Waals surface area contributed by atoms with E-state index in [9.17, 15) is 18.0 Å². The summed E-state index contributed by atoms with van der Waals surface area (Å²) in [6.07, 6.45) is 1.85. The van der Waals surface area contributed by atoms with Gasteiger partial charge in [-0.05, 0) is 24.5 Å². The van der Waals surface area contributed by atoms with Crippen LogP contribution in [0.15, 0.2) is 43.9 Å². The Hall–Kier alpha value is -2.50. The van der Waals surface area contributed by atoms with Gasteiger partial charge >= 0.3 is 5.76 Å². The van der Waals surface area contributed by atoms with Crippen molar-refractivity contribution >= 4 is 43.5 Å². The first-order valence-corrected chi connectivity index (χ1v) is 10.9. The topological polar surface area (TPSA) is 123 Å². The van der Waals surface area contributed by atoms with Gasteiger partial charge in [-0.1, -0.05) is 13.8 Å². The lowest BCUT2D eigenvalue weighted by molar-refractivity contribution is -0.118. The molecule has 3 rings (SSSR count). The van der Waals surface area contributed by atoms with Crippen LogP contribution >= 0.6 is 11.3 Å². The fraction of sp³-hybridized carbons (Fsp3) is 0.353. The second kappa shape index (κ2) is 7.86. The molecule has 9 nitrogen and oxygen atoms in total. The zero-order chi connectivity index (χ0) is 20.5. The predicted molar refractivity (Wildman–Crippen MR) is 106 cm³/mol.